The van der Waals surface area contributed by atoms with Gasteiger partial charge in [0.05, 0.1) is 0 Å². The van der Waals surface area contributed by atoms with E-state index >= 15 is 0 Å². The Bertz CT molecular complexity index is 150. The molecule has 0 radical (unpaired) electrons. The third kappa shape index (κ3) is 2.03. The van der Waals surface area contributed by atoms with Crippen LogP contribution in [0, 0.1) is 5.41 Å². The lowest BCUT2D eigenvalue weighted by Crippen LogP contribution is -2.12. The number of carbonyl (C=O) groups is 1. The van der Waals surface area contributed by atoms with Crippen LogP contribution in [0.25, 0.3) is 0 Å². The predicted octanol–water partition coefficient (Wildman–Crippen LogP) is 1.48. The largest absolute Gasteiger partial charge is 0.330 e. The molecule has 0 aromatic heterocycles. The summed E-state index contributed by atoms with van der Waals surface area (Å²) in [5.41, 5.74) is 5.48. The minimum absolute atomic E-state index is 0.106. The van der Waals surface area contributed by atoms with Gasteiger partial charge >= 0.3 is 0 Å². The van der Waals surface area contributed by atoms with E-state index in [1.807, 2.05) is 0 Å². The number of Topliss-reactive ketones (excluding diaryl/α,β-unsaturated/α-hetero) is 1. The summed E-state index contributed by atoms with van der Waals surface area (Å²) in [4.78, 5) is 11.1. The van der Waals surface area contributed by atoms with Crippen LogP contribution in [0.4, 0.5) is 0 Å². The van der Waals surface area contributed by atoms with Gasteiger partial charge in [-0.25, -0.2) is 0 Å². The zero-order valence-corrected chi connectivity index (χ0v) is 7.23. The highest BCUT2D eigenvalue weighted by Crippen LogP contribution is 2.50. The van der Waals surface area contributed by atoms with E-state index in [9.17, 15) is 4.79 Å². The molecule has 64 valence electrons. The van der Waals surface area contributed by atoms with Crippen LogP contribution < -0.4 is 5.73 Å². The summed E-state index contributed by atoms with van der Waals surface area (Å²) < 4.78 is 0. The lowest BCUT2D eigenvalue weighted by molar-refractivity contribution is -0.122. The molecule has 1 aliphatic carbocycles. The molecule has 0 aromatic carbocycles. The molecule has 0 unspecified atom stereocenters. The van der Waals surface area contributed by atoms with Crippen LogP contribution in [0.1, 0.15) is 39.0 Å². The zero-order valence-electron chi connectivity index (χ0n) is 7.23. The van der Waals surface area contributed by atoms with Crippen LogP contribution in [0.5, 0.6) is 0 Å². The van der Waals surface area contributed by atoms with Crippen molar-refractivity contribution in [1.29, 1.82) is 0 Å². The van der Waals surface area contributed by atoms with Gasteiger partial charge in [-0.1, -0.05) is 6.42 Å². The average molecular weight is 155 g/mol. The van der Waals surface area contributed by atoms with Gasteiger partial charge in [-0.2, -0.15) is 0 Å². The summed E-state index contributed by atoms with van der Waals surface area (Å²) >= 11 is 0. The van der Waals surface area contributed by atoms with Crippen LogP contribution in [0.2, 0.25) is 0 Å². The lowest BCUT2D eigenvalue weighted by Gasteiger charge is -2.09. The summed E-state index contributed by atoms with van der Waals surface area (Å²) in [6.07, 6.45) is 5.49. The number of unbranched alkanes of at least 4 members (excludes halogenated alkanes) is 1. The van der Waals surface area contributed by atoms with E-state index in [1.54, 1.807) is 6.92 Å². The fourth-order valence-electron chi connectivity index (χ4n) is 1.54. The van der Waals surface area contributed by atoms with E-state index in [2.05, 4.69) is 0 Å². The van der Waals surface area contributed by atoms with Crippen LogP contribution in [-0.4, -0.2) is 12.3 Å². The Morgan fingerprint density at radius 3 is 2.45 bits per heavy atom. The van der Waals surface area contributed by atoms with Crippen LogP contribution >= 0.6 is 0 Å². The van der Waals surface area contributed by atoms with E-state index in [0.29, 0.717) is 5.78 Å². The number of rotatable bonds is 5. The molecule has 0 atom stereocenters. The molecule has 0 bridgehead atoms. The summed E-state index contributed by atoms with van der Waals surface area (Å²) in [5.74, 6) is 0.384. The highest BCUT2D eigenvalue weighted by molar-refractivity contribution is 5.84. The topological polar surface area (TPSA) is 43.1 Å². The molecule has 11 heavy (non-hydrogen) atoms. The molecule has 0 saturated heterocycles. The van der Waals surface area contributed by atoms with Crippen molar-refractivity contribution in [3.63, 3.8) is 0 Å². The van der Waals surface area contributed by atoms with Crippen molar-refractivity contribution in [2.75, 3.05) is 6.54 Å². The highest BCUT2D eigenvalue weighted by Gasteiger charge is 2.45. The molecule has 0 aromatic rings. The molecular formula is C9H17NO. The maximum Gasteiger partial charge on any atom is 0.135 e. The summed E-state index contributed by atoms with van der Waals surface area (Å²) in [6.45, 7) is 2.48. The molecular weight excluding hydrogens is 138 g/mol. The Labute approximate surface area is 68.2 Å². The molecule has 2 nitrogen and oxygen atoms in total. The van der Waals surface area contributed by atoms with Crippen LogP contribution in [-0.2, 0) is 4.79 Å². The fourth-order valence-corrected chi connectivity index (χ4v) is 1.54. The minimum Gasteiger partial charge on any atom is -0.330 e. The van der Waals surface area contributed by atoms with Gasteiger partial charge in [0.15, 0.2) is 0 Å². The Kier molecular flexibility index (Phi) is 2.66. The van der Waals surface area contributed by atoms with Crippen molar-refractivity contribution in [2.45, 2.75) is 39.0 Å². The van der Waals surface area contributed by atoms with Gasteiger partial charge in [-0.05, 0) is 39.2 Å². The van der Waals surface area contributed by atoms with Crippen molar-refractivity contribution < 1.29 is 4.79 Å². The van der Waals surface area contributed by atoms with E-state index in [1.165, 1.54) is 0 Å². The van der Waals surface area contributed by atoms with Crippen molar-refractivity contribution >= 4 is 5.78 Å². The average Bonchev–Trinajstić information content (AvgIpc) is 2.70. The highest BCUT2D eigenvalue weighted by atomic mass is 16.1. The van der Waals surface area contributed by atoms with Gasteiger partial charge in [0.25, 0.3) is 0 Å². The Morgan fingerprint density at radius 1 is 1.45 bits per heavy atom. The van der Waals surface area contributed by atoms with Gasteiger partial charge in [0.1, 0.15) is 5.78 Å². The molecule has 0 heterocycles. The van der Waals surface area contributed by atoms with Crippen molar-refractivity contribution in [3.8, 4) is 0 Å². The third-order valence-electron chi connectivity index (χ3n) is 2.71. The minimum atomic E-state index is 0.106. The van der Waals surface area contributed by atoms with Crippen LogP contribution in [0.3, 0.4) is 0 Å². The monoisotopic (exact) mass is 155 g/mol. The maximum atomic E-state index is 11.1. The summed E-state index contributed by atoms with van der Waals surface area (Å²) in [5, 5.41) is 0. The first-order chi connectivity index (χ1) is 5.21. The first-order valence-electron chi connectivity index (χ1n) is 4.42. The zero-order chi connectivity index (χ0) is 8.32. The van der Waals surface area contributed by atoms with Gasteiger partial charge < -0.3 is 5.73 Å². The molecule has 2 heteroatoms. The van der Waals surface area contributed by atoms with Gasteiger partial charge in [-0.15, -0.1) is 0 Å². The Morgan fingerprint density at radius 2 is 2.09 bits per heavy atom. The van der Waals surface area contributed by atoms with Crippen molar-refractivity contribution in [1.82, 2.24) is 0 Å². The number of hydrogen-bond donors (Lipinski definition) is 1. The van der Waals surface area contributed by atoms with Gasteiger partial charge in [0.2, 0.25) is 0 Å². The van der Waals surface area contributed by atoms with Crippen molar-refractivity contribution in [3.05, 3.63) is 0 Å². The Balaban J connectivity index is 2.20. The standard InChI is InChI=1S/C9H17NO/c1-8(11)9(5-6-9)4-2-3-7-10/h2-7,10H2,1H3. The van der Waals surface area contributed by atoms with Gasteiger partial charge in [0, 0.05) is 5.41 Å². The number of nitrogens with two attached hydrogens (primary N) is 1. The molecule has 0 aliphatic heterocycles. The normalized spacial score (nSPS) is 19.8. The Hall–Kier alpha value is -0.370. The number of hydrogen-bond acceptors (Lipinski definition) is 2. The molecule has 0 amide bonds. The van der Waals surface area contributed by atoms with E-state index < -0.39 is 0 Å². The molecule has 1 aliphatic rings. The summed E-state index contributed by atoms with van der Waals surface area (Å²) in [7, 11) is 0. The lowest BCUT2D eigenvalue weighted by atomic mass is 9.95. The third-order valence-corrected chi connectivity index (χ3v) is 2.71. The van der Waals surface area contributed by atoms with E-state index in [4.69, 9.17) is 5.73 Å². The second-order valence-electron chi connectivity index (χ2n) is 3.58. The van der Waals surface area contributed by atoms with E-state index in [0.717, 1.165) is 38.6 Å². The molecule has 0 spiro atoms. The second kappa shape index (κ2) is 3.35. The van der Waals surface area contributed by atoms with E-state index in [-0.39, 0.29) is 5.41 Å². The number of carbonyl (C=O) groups excluding carboxylic acids is 1. The van der Waals surface area contributed by atoms with Crippen molar-refractivity contribution in [2.24, 2.45) is 11.1 Å². The first kappa shape index (κ1) is 8.72. The fraction of sp³-hybridized carbons (Fsp3) is 0.889. The predicted molar refractivity (Wildman–Crippen MR) is 45.3 cm³/mol. The SMILES string of the molecule is CC(=O)C1(CCCCN)CC1. The van der Waals surface area contributed by atoms with Crippen LogP contribution in [0.15, 0.2) is 0 Å². The first-order valence-corrected chi connectivity index (χ1v) is 4.42. The molecule has 2 N–H and O–H groups in total. The molecule has 1 saturated carbocycles. The second-order valence-corrected chi connectivity index (χ2v) is 3.58. The molecule has 1 rings (SSSR count). The molecule has 1 fully saturated rings. The summed E-state index contributed by atoms with van der Waals surface area (Å²) in [6, 6.07) is 0. The quantitative estimate of drug-likeness (QED) is 0.611. The number of ketones is 1. The smallest absolute Gasteiger partial charge is 0.135 e. The maximum absolute atomic E-state index is 11.1. The van der Waals surface area contributed by atoms with Gasteiger partial charge in [-0.3, -0.25) is 4.79 Å².